The molecule has 1 rings (SSSR count). The molecule has 0 fully saturated rings. The number of hydrogen-bond donors (Lipinski definition) is 1. The standard InChI is InChI=1S/C16H27NO2/c1-4-15(17)12-14-11-13(3)7-8-16(14)19-10-6-9-18-5-2/h7-8,11,15H,4-6,9-10,12,17H2,1-3H3. The molecule has 3 nitrogen and oxygen atoms in total. The lowest BCUT2D eigenvalue weighted by molar-refractivity contribution is 0.130. The highest BCUT2D eigenvalue weighted by molar-refractivity contribution is 5.37. The van der Waals surface area contributed by atoms with Gasteiger partial charge in [0.1, 0.15) is 5.75 Å². The number of hydrogen-bond acceptors (Lipinski definition) is 3. The van der Waals surface area contributed by atoms with Crippen LogP contribution in [0.3, 0.4) is 0 Å². The van der Waals surface area contributed by atoms with Gasteiger partial charge in [0.2, 0.25) is 0 Å². The van der Waals surface area contributed by atoms with Gasteiger partial charge in [0.25, 0.3) is 0 Å². The summed E-state index contributed by atoms with van der Waals surface area (Å²) in [6.45, 7) is 8.43. The van der Waals surface area contributed by atoms with Crippen molar-refractivity contribution in [1.29, 1.82) is 0 Å². The molecule has 0 saturated heterocycles. The van der Waals surface area contributed by atoms with Crippen LogP contribution in [-0.4, -0.2) is 25.9 Å². The van der Waals surface area contributed by atoms with E-state index in [0.717, 1.165) is 38.2 Å². The van der Waals surface area contributed by atoms with Crippen LogP contribution < -0.4 is 10.5 Å². The lowest BCUT2D eigenvalue weighted by atomic mass is 10.0. The summed E-state index contributed by atoms with van der Waals surface area (Å²) in [6, 6.07) is 6.51. The third-order valence-electron chi connectivity index (χ3n) is 3.12. The molecule has 0 aliphatic carbocycles. The van der Waals surface area contributed by atoms with Crippen LogP contribution in [0.1, 0.15) is 37.8 Å². The van der Waals surface area contributed by atoms with Gasteiger partial charge >= 0.3 is 0 Å². The second-order valence-corrected chi connectivity index (χ2v) is 4.88. The molecule has 1 aromatic carbocycles. The molecule has 0 saturated carbocycles. The average molecular weight is 265 g/mol. The highest BCUT2D eigenvalue weighted by Gasteiger charge is 2.08. The van der Waals surface area contributed by atoms with Crippen molar-refractivity contribution < 1.29 is 9.47 Å². The smallest absolute Gasteiger partial charge is 0.122 e. The summed E-state index contributed by atoms with van der Waals surface area (Å²) >= 11 is 0. The monoisotopic (exact) mass is 265 g/mol. The molecule has 0 aliphatic rings. The first-order valence-electron chi connectivity index (χ1n) is 7.23. The third-order valence-corrected chi connectivity index (χ3v) is 3.12. The van der Waals surface area contributed by atoms with Crippen LogP contribution >= 0.6 is 0 Å². The molecule has 0 aromatic heterocycles. The van der Waals surface area contributed by atoms with Crippen LogP contribution in [0.2, 0.25) is 0 Å². The highest BCUT2D eigenvalue weighted by Crippen LogP contribution is 2.22. The zero-order chi connectivity index (χ0) is 14.1. The molecule has 2 N–H and O–H groups in total. The summed E-state index contributed by atoms with van der Waals surface area (Å²) in [5.74, 6) is 0.964. The van der Waals surface area contributed by atoms with Crippen molar-refractivity contribution in [2.45, 2.75) is 46.1 Å². The summed E-state index contributed by atoms with van der Waals surface area (Å²) in [4.78, 5) is 0. The number of aryl methyl sites for hydroxylation is 1. The van der Waals surface area contributed by atoms with Gasteiger partial charge in [-0.25, -0.2) is 0 Å². The maximum Gasteiger partial charge on any atom is 0.122 e. The fraction of sp³-hybridized carbons (Fsp3) is 0.625. The zero-order valence-electron chi connectivity index (χ0n) is 12.4. The van der Waals surface area contributed by atoms with Crippen molar-refractivity contribution >= 4 is 0 Å². The van der Waals surface area contributed by atoms with E-state index in [1.54, 1.807) is 0 Å². The van der Waals surface area contributed by atoms with Gasteiger partial charge in [-0.3, -0.25) is 0 Å². The molecule has 1 unspecified atom stereocenters. The summed E-state index contributed by atoms with van der Waals surface area (Å²) in [7, 11) is 0. The Bertz CT molecular complexity index is 366. The van der Waals surface area contributed by atoms with E-state index in [-0.39, 0.29) is 6.04 Å². The summed E-state index contributed by atoms with van der Waals surface area (Å²) in [6.07, 6.45) is 2.78. The topological polar surface area (TPSA) is 44.5 Å². The van der Waals surface area contributed by atoms with Crippen LogP contribution in [0.25, 0.3) is 0 Å². The highest BCUT2D eigenvalue weighted by atomic mass is 16.5. The molecule has 3 heteroatoms. The Hall–Kier alpha value is -1.06. The Kier molecular flexibility index (Phi) is 7.53. The van der Waals surface area contributed by atoms with Crippen molar-refractivity contribution in [1.82, 2.24) is 0 Å². The maximum atomic E-state index is 6.04. The van der Waals surface area contributed by atoms with E-state index in [0.29, 0.717) is 6.61 Å². The third kappa shape index (κ3) is 6.08. The van der Waals surface area contributed by atoms with Gasteiger partial charge < -0.3 is 15.2 Å². The Morgan fingerprint density at radius 1 is 1.21 bits per heavy atom. The van der Waals surface area contributed by atoms with Crippen LogP contribution in [0, 0.1) is 6.92 Å². The van der Waals surface area contributed by atoms with E-state index >= 15 is 0 Å². The predicted molar refractivity (Wildman–Crippen MR) is 79.8 cm³/mol. The van der Waals surface area contributed by atoms with Gasteiger partial charge in [-0.2, -0.15) is 0 Å². The lowest BCUT2D eigenvalue weighted by Crippen LogP contribution is -2.22. The molecule has 0 bridgehead atoms. The molecule has 0 radical (unpaired) electrons. The molecule has 1 aromatic rings. The molecule has 0 heterocycles. The van der Waals surface area contributed by atoms with E-state index in [9.17, 15) is 0 Å². The van der Waals surface area contributed by atoms with Crippen molar-refractivity contribution in [2.24, 2.45) is 5.73 Å². The minimum atomic E-state index is 0.201. The first-order valence-corrected chi connectivity index (χ1v) is 7.23. The van der Waals surface area contributed by atoms with Crippen LogP contribution in [0.4, 0.5) is 0 Å². The normalized spacial score (nSPS) is 12.4. The second kappa shape index (κ2) is 8.94. The van der Waals surface area contributed by atoms with Gasteiger partial charge in [-0.1, -0.05) is 24.6 Å². The fourth-order valence-corrected chi connectivity index (χ4v) is 1.92. The van der Waals surface area contributed by atoms with E-state index < -0.39 is 0 Å². The molecule has 108 valence electrons. The molecular weight excluding hydrogens is 238 g/mol. The van der Waals surface area contributed by atoms with E-state index in [2.05, 4.69) is 26.0 Å². The Balaban J connectivity index is 2.55. The van der Waals surface area contributed by atoms with Crippen molar-refractivity contribution in [3.63, 3.8) is 0 Å². The quantitative estimate of drug-likeness (QED) is 0.698. The van der Waals surface area contributed by atoms with Gasteiger partial charge in [-0.05, 0) is 38.3 Å². The van der Waals surface area contributed by atoms with Crippen LogP contribution in [-0.2, 0) is 11.2 Å². The minimum Gasteiger partial charge on any atom is -0.493 e. The molecular formula is C16H27NO2. The van der Waals surface area contributed by atoms with Gasteiger partial charge in [0.15, 0.2) is 0 Å². The van der Waals surface area contributed by atoms with Gasteiger partial charge in [-0.15, -0.1) is 0 Å². The molecule has 19 heavy (non-hydrogen) atoms. The largest absolute Gasteiger partial charge is 0.493 e. The minimum absolute atomic E-state index is 0.201. The molecule has 0 spiro atoms. The van der Waals surface area contributed by atoms with Gasteiger partial charge in [0, 0.05) is 25.7 Å². The summed E-state index contributed by atoms with van der Waals surface area (Å²) < 4.78 is 11.2. The fourth-order valence-electron chi connectivity index (χ4n) is 1.92. The summed E-state index contributed by atoms with van der Waals surface area (Å²) in [5, 5.41) is 0. The number of benzene rings is 1. The van der Waals surface area contributed by atoms with E-state index in [1.807, 2.05) is 13.0 Å². The Morgan fingerprint density at radius 3 is 2.68 bits per heavy atom. The molecule has 1 atom stereocenters. The van der Waals surface area contributed by atoms with E-state index in [1.165, 1.54) is 11.1 Å². The SMILES string of the molecule is CCOCCCOc1ccc(C)cc1CC(N)CC. The van der Waals surface area contributed by atoms with Crippen LogP contribution in [0.15, 0.2) is 18.2 Å². The van der Waals surface area contributed by atoms with Crippen molar-refractivity contribution in [2.75, 3.05) is 19.8 Å². The lowest BCUT2D eigenvalue weighted by Gasteiger charge is -2.15. The summed E-state index contributed by atoms with van der Waals surface area (Å²) in [5.41, 5.74) is 8.51. The number of nitrogens with two attached hydrogens (primary N) is 1. The average Bonchev–Trinajstić information content (AvgIpc) is 2.40. The Labute approximate surface area is 117 Å². The second-order valence-electron chi connectivity index (χ2n) is 4.88. The maximum absolute atomic E-state index is 6.04. The first-order chi connectivity index (χ1) is 9.17. The Morgan fingerprint density at radius 2 is 2.00 bits per heavy atom. The van der Waals surface area contributed by atoms with Gasteiger partial charge in [0.05, 0.1) is 6.61 Å². The number of ether oxygens (including phenoxy) is 2. The van der Waals surface area contributed by atoms with Crippen molar-refractivity contribution in [3.8, 4) is 5.75 Å². The van der Waals surface area contributed by atoms with Crippen molar-refractivity contribution in [3.05, 3.63) is 29.3 Å². The van der Waals surface area contributed by atoms with E-state index in [4.69, 9.17) is 15.2 Å². The predicted octanol–water partition coefficient (Wildman–Crippen LogP) is 3.08. The zero-order valence-corrected chi connectivity index (χ0v) is 12.4. The molecule has 0 amide bonds. The number of rotatable bonds is 9. The van der Waals surface area contributed by atoms with Crippen LogP contribution in [0.5, 0.6) is 5.75 Å². The molecule has 0 aliphatic heterocycles. The first kappa shape index (κ1) is 16.0.